The van der Waals surface area contributed by atoms with Crippen molar-refractivity contribution < 1.29 is 4.79 Å². The van der Waals surface area contributed by atoms with Gasteiger partial charge in [-0.15, -0.1) is 5.10 Å². The number of piperidine rings is 1. The van der Waals surface area contributed by atoms with Crippen LogP contribution in [0.5, 0.6) is 0 Å². The summed E-state index contributed by atoms with van der Waals surface area (Å²) in [5.41, 5.74) is 0.548. The minimum atomic E-state index is -0.395. The Morgan fingerprint density at radius 1 is 1.20 bits per heavy atom. The van der Waals surface area contributed by atoms with Crippen LogP contribution in [0.4, 0.5) is 11.5 Å². The van der Waals surface area contributed by atoms with Crippen LogP contribution in [0.25, 0.3) is 5.65 Å². The number of fused-ring (bicyclic) bond motifs is 1. The molecule has 1 aliphatic rings. The Labute approximate surface area is 183 Å². The molecule has 1 fully saturated rings. The molecule has 1 N–H and O–H groups in total. The summed E-state index contributed by atoms with van der Waals surface area (Å²) in [5, 5.41) is 7.84. The maximum Gasteiger partial charge on any atom is 0.350 e. The van der Waals surface area contributed by atoms with Crippen LogP contribution in [-0.4, -0.2) is 38.2 Å². The zero-order valence-electron chi connectivity index (χ0n) is 16.7. The molecule has 3 heterocycles. The minimum Gasteiger partial charge on any atom is -0.353 e. The van der Waals surface area contributed by atoms with Gasteiger partial charge in [0, 0.05) is 31.2 Å². The summed E-state index contributed by atoms with van der Waals surface area (Å²) >= 11 is 11.9. The Balaban J connectivity index is 1.59. The Kier molecular flexibility index (Phi) is 5.71. The molecule has 2 aromatic heterocycles. The van der Waals surface area contributed by atoms with Crippen LogP contribution in [0, 0.1) is 11.8 Å². The molecule has 1 saturated heterocycles. The van der Waals surface area contributed by atoms with E-state index >= 15 is 0 Å². The van der Waals surface area contributed by atoms with Crippen molar-refractivity contribution in [2.24, 2.45) is 11.8 Å². The van der Waals surface area contributed by atoms with E-state index in [1.54, 1.807) is 30.6 Å². The lowest BCUT2D eigenvalue weighted by Gasteiger charge is -2.35. The lowest BCUT2D eigenvalue weighted by molar-refractivity contribution is -0.117. The molecule has 158 valence electrons. The normalized spacial score (nSPS) is 19.3. The molecule has 10 heteroatoms. The fourth-order valence-corrected chi connectivity index (χ4v) is 4.31. The molecule has 0 radical (unpaired) electrons. The molecule has 0 unspecified atom stereocenters. The van der Waals surface area contributed by atoms with Crippen molar-refractivity contribution in [2.75, 3.05) is 23.3 Å². The summed E-state index contributed by atoms with van der Waals surface area (Å²) in [7, 11) is 0. The van der Waals surface area contributed by atoms with Crippen molar-refractivity contribution in [1.82, 2.24) is 19.2 Å². The number of hydrogen-bond donors (Lipinski definition) is 1. The lowest BCUT2D eigenvalue weighted by Crippen LogP contribution is -2.39. The Hall–Kier alpha value is -2.58. The van der Waals surface area contributed by atoms with Gasteiger partial charge in [0.05, 0.1) is 10.0 Å². The fraction of sp³-hybridized carbons (Fsp3) is 0.400. The van der Waals surface area contributed by atoms with E-state index in [9.17, 15) is 9.59 Å². The third-order valence-corrected chi connectivity index (χ3v) is 5.89. The van der Waals surface area contributed by atoms with Crippen molar-refractivity contribution >= 4 is 46.3 Å². The number of anilines is 2. The topological polar surface area (TPSA) is 84.5 Å². The molecule has 30 heavy (non-hydrogen) atoms. The number of nitrogens with zero attached hydrogens (tertiary/aromatic N) is 5. The highest BCUT2D eigenvalue weighted by Crippen LogP contribution is 2.27. The number of nitrogens with one attached hydrogen (secondary N) is 1. The quantitative estimate of drug-likeness (QED) is 0.661. The maximum absolute atomic E-state index is 12.8. The molecule has 0 aliphatic carbocycles. The number of hydrogen-bond acceptors (Lipinski definition) is 5. The van der Waals surface area contributed by atoms with Crippen LogP contribution in [0.1, 0.15) is 20.3 Å². The van der Waals surface area contributed by atoms with Gasteiger partial charge in [0.15, 0.2) is 5.82 Å². The molecule has 0 saturated carbocycles. The van der Waals surface area contributed by atoms with E-state index in [1.165, 1.54) is 4.40 Å². The van der Waals surface area contributed by atoms with E-state index < -0.39 is 11.6 Å². The average Bonchev–Trinajstić information content (AvgIpc) is 2.99. The van der Waals surface area contributed by atoms with E-state index in [1.807, 2.05) is 0 Å². The monoisotopic (exact) mass is 448 g/mol. The molecule has 2 atom stereocenters. The minimum absolute atomic E-state index is 0.229. The number of carbonyl (C=O) groups is 1. The highest BCUT2D eigenvalue weighted by atomic mass is 35.5. The zero-order chi connectivity index (χ0) is 21.4. The van der Waals surface area contributed by atoms with Gasteiger partial charge in [-0.2, -0.15) is 0 Å². The molecule has 1 aromatic carbocycles. The van der Waals surface area contributed by atoms with Gasteiger partial charge in [0.2, 0.25) is 11.6 Å². The molecule has 0 bridgehead atoms. The second kappa shape index (κ2) is 8.28. The summed E-state index contributed by atoms with van der Waals surface area (Å²) in [6, 6.07) is 4.78. The van der Waals surface area contributed by atoms with Crippen LogP contribution >= 0.6 is 23.2 Å². The van der Waals surface area contributed by atoms with Crippen LogP contribution in [0.2, 0.25) is 10.0 Å². The molecule has 1 amide bonds. The standard InChI is InChI=1S/C20H22Cl2N6O2/c1-12-7-13(2)10-26(9-12)18-19-25-28(20(30)27(19)6-5-23-18)11-17(29)24-14-3-4-15(21)16(22)8-14/h3-6,8,12-13H,7,9-11H2,1-2H3,(H,24,29)/t12-,13-/m0/s1. The van der Waals surface area contributed by atoms with Crippen LogP contribution in [-0.2, 0) is 11.3 Å². The molecular formula is C20H22Cl2N6O2. The molecule has 0 spiro atoms. The highest BCUT2D eigenvalue weighted by Gasteiger charge is 2.25. The summed E-state index contributed by atoms with van der Waals surface area (Å²) in [6.45, 7) is 5.90. The molecular weight excluding hydrogens is 427 g/mol. The molecule has 8 nitrogen and oxygen atoms in total. The molecule has 4 rings (SSSR count). The van der Waals surface area contributed by atoms with Crippen molar-refractivity contribution in [3.63, 3.8) is 0 Å². The number of rotatable bonds is 4. The summed E-state index contributed by atoms with van der Waals surface area (Å²) in [5.74, 6) is 1.33. The first-order valence-corrected chi connectivity index (χ1v) is 10.5. The third kappa shape index (κ3) is 4.15. The van der Waals surface area contributed by atoms with Gasteiger partial charge in [0.1, 0.15) is 6.54 Å². The number of amides is 1. The first-order valence-electron chi connectivity index (χ1n) is 9.76. The van der Waals surface area contributed by atoms with Gasteiger partial charge >= 0.3 is 5.69 Å². The van der Waals surface area contributed by atoms with Crippen molar-refractivity contribution in [1.29, 1.82) is 0 Å². The van der Waals surface area contributed by atoms with Crippen LogP contribution in [0.3, 0.4) is 0 Å². The third-order valence-electron chi connectivity index (χ3n) is 5.15. The van der Waals surface area contributed by atoms with Crippen molar-refractivity contribution in [3.8, 4) is 0 Å². The zero-order valence-corrected chi connectivity index (χ0v) is 18.2. The van der Waals surface area contributed by atoms with Gasteiger partial charge in [-0.1, -0.05) is 37.0 Å². The number of carbonyl (C=O) groups excluding carboxylic acids is 1. The lowest BCUT2D eigenvalue weighted by atomic mass is 9.92. The van der Waals surface area contributed by atoms with Gasteiger partial charge in [-0.3, -0.25) is 4.79 Å². The smallest absolute Gasteiger partial charge is 0.350 e. The summed E-state index contributed by atoms with van der Waals surface area (Å²) in [6.07, 6.45) is 4.32. The average molecular weight is 449 g/mol. The number of aromatic nitrogens is 4. The van der Waals surface area contributed by atoms with E-state index in [0.717, 1.165) is 24.2 Å². The Bertz CT molecular complexity index is 1150. The van der Waals surface area contributed by atoms with E-state index in [-0.39, 0.29) is 6.54 Å². The van der Waals surface area contributed by atoms with Gasteiger partial charge < -0.3 is 10.2 Å². The van der Waals surface area contributed by atoms with Gasteiger partial charge in [0.25, 0.3) is 0 Å². The molecule has 1 aliphatic heterocycles. The first kappa shape index (κ1) is 20.7. The van der Waals surface area contributed by atoms with Gasteiger partial charge in [-0.05, 0) is 36.5 Å². The van der Waals surface area contributed by atoms with Crippen molar-refractivity contribution in [2.45, 2.75) is 26.8 Å². The first-order chi connectivity index (χ1) is 14.3. The molecule has 3 aromatic rings. The second-order valence-corrected chi connectivity index (χ2v) is 8.73. The SMILES string of the molecule is C[C@H]1C[C@H](C)CN(c2nccn3c(=O)n(CC(=O)Nc4ccc(Cl)c(Cl)c4)nc23)C1. The van der Waals surface area contributed by atoms with Crippen molar-refractivity contribution in [3.05, 3.63) is 51.1 Å². The predicted octanol–water partition coefficient (Wildman–Crippen LogP) is 3.32. The second-order valence-electron chi connectivity index (χ2n) is 7.91. The van der Waals surface area contributed by atoms with Crippen LogP contribution < -0.4 is 15.9 Å². The Morgan fingerprint density at radius 2 is 1.93 bits per heavy atom. The number of benzene rings is 1. The van der Waals surface area contributed by atoms with Crippen LogP contribution in [0.15, 0.2) is 35.4 Å². The number of halogens is 2. The largest absolute Gasteiger partial charge is 0.353 e. The predicted molar refractivity (Wildman–Crippen MR) is 117 cm³/mol. The summed E-state index contributed by atoms with van der Waals surface area (Å²) in [4.78, 5) is 31.9. The Morgan fingerprint density at radius 3 is 2.63 bits per heavy atom. The summed E-state index contributed by atoms with van der Waals surface area (Å²) < 4.78 is 2.57. The highest BCUT2D eigenvalue weighted by molar-refractivity contribution is 6.42. The van der Waals surface area contributed by atoms with E-state index in [2.05, 4.69) is 34.1 Å². The van der Waals surface area contributed by atoms with E-state index in [0.29, 0.717) is 39.0 Å². The maximum atomic E-state index is 12.8. The fourth-order valence-electron chi connectivity index (χ4n) is 4.01. The van der Waals surface area contributed by atoms with Gasteiger partial charge in [-0.25, -0.2) is 18.9 Å². The van der Waals surface area contributed by atoms with E-state index in [4.69, 9.17) is 23.2 Å².